The Morgan fingerprint density at radius 3 is 2.93 bits per heavy atom. The molecule has 0 fully saturated rings. The van der Waals surface area contributed by atoms with Gasteiger partial charge < -0.3 is 15.8 Å². The number of hydrogen-bond acceptors (Lipinski definition) is 4. The van der Waals surface area contributed by atoms with Gasteiger partial charge in [0.25, 0.3) is 0 Å². The minimum Gasteiger partial charge on any atom is -0.397 e. The molecule has 0 amide bonds. The smallest absolute Gasteiger partial charge is 0.0667 e. The molecular formula is C10H17N3O. The van der Waals surface area contributed by atoms with Gasteiger partial charge in [-0.3, -0.25) is 4.98 Å². The molecule has 0 saturated carbocycles. The van der Waals surface area contributed by atoms with Crippen molar-refractivity contribution in [3.63, 3.8) is 0 Å². The zero-order valence-electron chi connectivity index (χ0n) is 8.66. The molecular weight excluding hydrogens is 178 g/mol. The van der Waals surface area contributed by atoms with E-state index < -0.39 is 0 Å². The Morgan fingerprint density at radius 1 is 1.57 bits per heavy atom. The molecule has 4 nitrogen and oxygen atoms in total. The van der Waals surface area contributed by atoms with Crippen molar-refractivity contribution >= 4 is 5.69 Å². The summed E-state index contributed by atoms with van der Waals surface area (Å²) in [7, 11) is 1.70. The lowest BCUT2D eigenvalue weighted by atomic mass is 10.3. The lowest BCUT2D eigenvalue weighted by Gasteiger charge is -2.10. The molecule has 1 aromatic heterocycles. The fourth-order valence-electron chi connectivity index (χ4n) is 1.03. The van der Waals surface area contributed by atoms with Crippen molar-refractivity contribution in [3.8, 4) is 0 Å². The van der Waals surface area contributed by atoms with E-state index in [2.05, 4.69) is 10.3 Å². The normalized spacial score (nSPS) is 12.7. The van der Waals surface area contributed by atoms with Gasteiger partial charge in [-0.05, 0) is 19.1 Å². The number of pyridine rings is 1. The summed E-state index contributed by atoms with van der Waals surface area (Å²) in [4.78, 5) is 4.17. The van der Waals surface area contributed by atoms with Crippen LogP contribution in [0.2, 0.25) is 0 Å². The second kappa shape index (κ2) is 5.57. The first-order valence-electron chi connectivity index (χ1n) is 4.66. The first kappa shape index (κ1) is 10.9. The fraction of sp³-hybridized carbons (Fsp3) is 0.500. The molecule has 4 heteroatoms. The molecule has 0 bridgehead atoms. The Hall–Kier alpha value is -1.13. The molecule has 1 atom stereocenters. The third kappa shape index (κ3) is 3.72. The maximum absolute atomic E-state index is 5.52. The van der Waals surface area contributed by atoms with E-state index >= 15 is 0 Å². The lowest BCUT2D eigenvalue weighted by Crippen LogP contribution is -2.25. The number of rotatable bonds is 5. The van der Waals surface area contributed by atoms with Crippen LogP contribution < -0.4 is 11.1 Å². The number of hydrogen-bond donors (Lipinski definition) is 2. The van der Waals surface area contributed by atoms with Gasteiger partial charge in [-0.1, -0.05) is 0 Å². The van der Waals surface area contributed by atoms with Crippen LogP contribution in [0.15, 0.2) is 18.3 Å². The van der Waals surface area contributed by atoms with E-state index in [1.807, 2.05) is 19.1 Å². The summed E-state index contributed by atoms with van der Waals surface area (Å²) in [5.41, 5.74) is 7.20. The standard InChI is InChI=1S/C10H17N3O/c1-8(14-2)5-12-7-10-4-3-9(11)6-13-10/h3-4,6,8,12H,5,7,11H2,1-2H3. The predicted octanol–water partition coefficient (Wildman–Crippen LogP) is 0.788. The van der Waals surface area contributed by atoms with Crippen molar-refractivity contribution in [3.05, 3.63) is 24.0 Å². The van der Waals surface area contributed by atoms with Gasteiger partial charge in [0, 0.05) is 20.2 Å². The number of anilines is 1. The molecule has 0 aliphatic heterocycles. The summed E-state index contributed by atoms with van der Waals surface area (Å²) in [5.74, 6) is 0. The van der Waals surface area contributed by atoms with Crippen LogP contribution in [0.5, 0.6) is 0 Å². The number of ether oxygens (including phenoxy) is 1. The molecule has 0 aromatic carbocycles. The molecule has 1 rings (SSSR count). The number of nitrogen functional groups attached to an aromatic ring is 1. The first-order chi connectivity index (χ1) is 6.72. The van der Waals surface area contributed by atoms with Crippen LogP contribution >= 0.6 is 0 Å². The van der Waals surface area contributed by atoms with Gasteiger partial charge in [-0.2, -0.15) is 0 Å². The molecule has 1 aromatic rings. The SMILES string of the molecule is COC(C)CNCc1ccc(N)cn1. The Bertz CT molecular complexity index is 261. The second-order valence-corrected chi connectivity index (χ2v) is 3.26. The van der Waals surface area contributed by atoms with Gasteiger partial charge in [0.05, 0.1) is 23.7 Å². The van der Waals surface area contributed by atoms with Crippen LogP contribution in [0.3, 0.4) is 0 Å². The van der Waals surface area contributed by atoms with Crippen LogP contribution in [0.1, 0.15) is 12.6 Å². The molecule has 78 valence electrons. The minimum atomic E-state index is 0.226. The second-order valence-electron chi connectivity index (χ2n) is 3.26. The molecule has 3 N–H and O–H groups in total. The first-order valence-corrected chi connectivity index (χ1v) is 4.66. The third-order valence-electron chi connectivity index (χ3n) is 1.99. The van der Waals surface area contributed by atoms with Crippen molar-refractivity contribution in [2.24, 2.45) is 0 Å². The molecule has 0 saturated heterocycles. The Morgan fingerprint density at radius 2 is 2.36 bits per heavy atom. The van der Waals surface area contributed by atoms with Crippen LogP contribution in [-0.4, -0.2) is 24.7 Å². The molecule has 0 aliphatic carbocycles. The quantitative estimate of drug-likeness (QED) is 0.729. The van der Waals surface area contributed by atoms with Crippen LogP contribution in [0.4, 0.5) is 5.69 Å². The average Bonchev–Trinajstić information content (AvgIpc) is 2.21. The van der Waals surface area contributed by atoms with Gasteiger partial charge in [0.15, 0.2) is 0 Å². The van der Waals surface area contributed by atoms with Crippen LogP contribution in [0, 0.1) is 0 Å². The zero-order valence-corrected chi connectivity index (χ0v) is 8.66. The highest BCUT2D eigenvalue weighted by Crippen LogP contribution is 2.00. The summed E-state index contributed by atoms with van der Waals surface area (Å²) >= 11 is 0. The van der Waals surface area contributed by atoms with Crippen molar-refractivity contribution in [2.45, 2.75) is 19.6 Å². The van der Waals surface area contributed by atoms with E-state index in [-0.39, 0.29) is 6.10 Å². The maximum Gasteiger partial charge on any atom is 0.0667 e. The molecule has 0 spiro atoms. The van der Waals surface area contributed by atoms with Gasteiger partial charge in [-0.25, -0.2) is 0 Å². The number of nitrogens with zero attached hydrogens (tertiary/aromatic N) is 1. The summed E-state index contributed by atoms with van der Waals surface area (Å²) in [6, 6.07) is 3.77. The van der Waals surface area contributed by atoms with E-state index in [0.29, 0.717) is 5.69 Å². The van der Waals surface area contributed by atoms with E-state index in [4.69, 9.17) is 10.5 Å². The summed E-state index contributed by atoms with van der Waals surface area (Å²) < 4.78 is 5.10. The minimum absolute atomic E-state index is 0.226. The van der Waals surface area contributed by atoms with E-state index in [9.17, 15) is 0 Å². The Labute approximate surface area is 84.5 Å². The molecule has 14 heavy (non-hydrogen) atoms. The topological polar surface area (TPSA) is 60.2 Å². The predicted molar refractivity (Wildman–Crippen MR) is 56.8 cm³/mol. The number of methoxy groups -OCH3 is 1. The third-order valence-corrected chi connectivity index (χ3v) is 1.99. The van der Waals surface area contributed by atoms with Crippen LogP contribution in [0.25, 0.3) is 0 Å². The summed E-state index contributed by atoms with van der Waals surface area (Å²) in [6.45, 7) is 3.58. The van der Waals surface area contributed by atoms with Gasteiger partial charge in [0.1, 0.15) is 0 Å². The fourth-order valence-corrected chi connectivity index (χ4v) is 1.03. The highest BCUT2D eigenvalue weighted by Gasteiger charge is 1.98. The largest absolute Gasteiger partial charge is 0.397 e. The average molecular weight is 195 g/mol. The highest BCUT2D eigenvalue weighted by atomic mass is 16.5. The molecule has 1 heterocycles. The highest BCUT2D eigenvalue weighted by molar-refractivity contribution is 5.34. The van der Waals surface area contributed by atoms with E-state index in [1.165, 1.54) is 0 Å². The van der Waals surface area contributed by atoms with Gasteiger partial charge in [-0.15, -0.1) is 0 Å². The Kier molecular flexibility index (Phi) is 4.35. The van der Waals surface area contributed by atoms with Gasteiger partial charge >= 0.3 is 0 Å². The molecule has 0 aliphatic rings. The number of aromatic nitrogens is 1. The van der Waals surface area contributed by atoms with Crippen molar-refractivity contribution in [2.75, 3.05) is 19.4 Å². The molecule has 0 radical (unpaired) electrons. The lowest BCUT2D eigenvalue weighted by molar-refractivity contribution is 0.117. The number of nitrogens with one attached hydrogen (secondary N) is 1. The summed E-state index contributed by atoms with van der Waals surface area (Å²) in [5, 5.41) is 3.24. The van der Waals surface area contributed by atoms with Crippen molar-refractivity contribution in [1.29, 1.82) is 0 Å². The van der Waals surface area contributed by atoms with E-state index in [1.54, 1.807) is 13.3 Å². The zero-order chi connectivity index (χ0) is 10.4. The Balaban J connectivity index is 2.28. The maximum atomic E-state index is 5.52. The number of nitrogens with two attached hydrogens (primary N) is 1. The van der Waals surface area contributed by atoms with Crippen LogP contribution in [-0.2, 0) is 11.3 Å². The summed E-state index contributed by atoms with van der Waals surface area (Å²) in [6.07, 6.45) is 1.89. The molecule has 1 unspecified atom stereocenters. The van der Waals surface area contributed by atoms with Crippen molar-refractivity contribution in [1.82, 2.24) is 10.3 Å². The van der Waals surface area contributed by atoms with Gasteiger partial charge in [0.2, 0.25) is 0 Å². The van der Waals surface area contributed by atoms with Crippen molar-refractivity contribution < 1.29 is 4.74 Å². The van der Waals surface area contributed by atoms with E-state index in [0.717, 1.165) is 18.8 Å². The monoisotopic (exact) mass is 195 g/mol.